The van der Waals surface area contributed by atoms with Crippen LogP contribution in [0.3, 0.4) is 0 Å². The zero-order valence-electron chi connectivity index (χ0n) is 13.5. The lowest BCUT2D eigenvalue weighted by atomic mass is 10.2. The van der Waals surface area contributed by atoms with E-state index < -0.39 is 10.0 Å². The Balaban J connectivity index is 1.98. The van der Waals surface area contributed by atoms with E-state index in [1.54, 1.807) is 24.3 Å². The van der Waals surface area contributed by atoms with Crippen molar-refractivity contribution in [3.63, 3.8) is 0 Å². The highest BCUT2D eigenvalue weighted by atomic mass is 32.2. The van der Waals surface area contributed by atoms with Gasteiger partial charge in [-0.2, -0.15) is 4.72 Å². The first-order valence-corrected chi connectivity index (χ1v) is 8.69. The molecule has 0 bridgehead atoms. The Morgan fingerprint density at radius 3 is 2.17 bits per heavy atom. The Hall–Kier alpha value is -2.29. The predicted molar refractivity (Wildman–Crippen MR) is 94.0 cm³/mol. The summed E-state index contributed by atoms with van der Waals surface area (Å²) in [5.41, 5.74) is 2.96. The van der Waals surface area contributed by atoms with E-state index in [0.717, 1.165) is 16.8 Å². The third kappa shape index (κ3) is 4.85. The van der Waals surface area contributed by atoms with Crippen molar-refractivity contribution >= 4 is 15.7 Å². The first kappa shape index (κ1) is 17.1. The second-order valence-electron chi connectivity index (χ2n) is 5.38. The van der Waals surface area contributed by atoms with Gasteiger partial charge in [0.05, 0.1) is 11.4 Å². The normalized spacial score (nSPS) is 10.7. The van der Waals surface area contributed by atoms with Crippen molar-refractivity contribution in [2.45, 2.75) is 11.8 Å². The van der Waals surface area contributed by atoms with E-state index in [4.69, 9.17) is 0 Å². The largest absolute Gasteiger partial charge is 0.378 e. The number of hydrogen-bond donors (Lipinski definition) is 1. The number of anilines is 1. The maximum absolute atomic E-state index is 12.1. The lowest BCUT2D eigenvalue weighted by Gasteiger charge is -2.11. The molecular formula is C18H20N2O2S. The molecule has 2 rings (SSSR count). The summed E-state index contributed by atoms with van der Waals surface area (Å²) in [6, 6.07) is 14.5. The van der Waals surface area contributed by atoms with E-state index in [9.17, 15) is 8.42 Å². The van der Waals surface area contributed by atoms with Gasteiger partial charge in [-0.05, 0) is 43.3 Å². The Labute approximate surface area is 138 Å². The highest BCUT2D eigenvalue weighted by Crippen LogP contribution is 2.11. The van der Waals surface area contributed by atoms with Crippen LogP contribution in [0.15, 0.2) is 53.4 Å². The summed E-state index contributed by atoms with van der Waals surface area (Å²) >= 11 is 0. The minimum Gasteiger partial charge on any atom is -0.378 e. The van der Waals surface area contributed by atoms with Crippen LogP contribution in [0.1, 0.15) is 11.1 Å². The van der Waals surface area contributed by atoms with Crippen molar-refractivity contribution in [1.29, 1.82) is 0 Å². The third-order valence-electron chi connectivity index (χ3n) is 3.30. The highest BCUT2D eigenvalue weighted by Gasteiger charge is 2.11. The van der Waals surface area contributed by atoms with Crippen molar-refractivity contribution in [1.82, 2.24) is 4.72 Å². The average Bonchev–Trinajstić information content (AvgIpc) is 2.52. The lowest BCUT2D eigenvalue weighted by Crippen LogP contribution is -2.23. The molecule has 0 atom stereocenters. The van der Waals surface area contributed by atoms with Crippen LogP contribution in [0, 0.1) is 18.8 Å². The van der Waals surface area contributed by atoms with Gasteiger partial charge in [0, 0.05) is 25.3 Å². The first-order chi connectivity index (χ1) is 10.9. The fraction of sp³-hybridized carbons (Fsp3) is 0.222. The molecule has 0 aromatic heterocycles. The second-order valence-corrected chi connectivity index (χ2v) is 7.15. The lowest BCUT2D eigenvalue weighted by molar-refractivity contribution is 0.586. The maximum atomic E-state index is 12.1. The Morgan fingerprint density at radius 1 is 1.00 bits per heavy atom. The van der Waals surface area contributed by atoms with Gasteiger partial charge in [-0.3, -0.25) is 0 Å². The van der Waals surface area contributed by atoms with Crippen LogP contribution in [-0.2, 0) is 10.0 Å². The molecule has 5 heteroatoms. The Bertz CT molecular complexity index is 812. The van der Waals surface area contributed by atoms with Crippen molar-refractivity contribution in [3.05, 3.63) is 59.7 Å². The molecule has 0 saturated carbocycles. The smallest absolute Gasteiger partial charge is 0.241 e. The van der Waals surface area contributed by atoms with E-state index in [1.807, 2.05) is 50.2 Å². The van der Waals surface area contributed by atoms with Crippen LogP contribution >= 0.6 is 0 Å². The molecule has 0 heterocycles. The van der Waals surface area contributed by atoms with E-state index in [1.165, 1.54) is 0 Å². The quantitative estimate of drug-likeness (QED) is 0.877. The second kappa shape index (κ2) is 7.32. The zero-order valence-corrected chi connectivity index (χ0v) is 14.3. The summed E-state index contributed by atoms with van der Waals surface area (Å²) in [5.74, 6) is 5.78. The number of nitrogens with zero attached hydrogens (tertiary/aromatic N) is 1. The van der Waals surface area contributed by atoms with Crippen molar-refractivity contribution in [2.75, 3.05) is 25.5 Å². The van der Waals surface area contributed by atoms with Gasteiger partial charge >= 0.3 is 0 Å². The van der Waals surface area contributed by atoms with Gasteiger partial charge in [-0.1, -0.05) is 29.5 Å². The first-order valence-electron chi connectivity index (χ1n) is 7.21. The molecule has 23 heavy (non-hydrogen) atoms. The summed E-state index contributed by atoms with van der Waals surface area (Å²) in [7, 11) is 0.437. The van der Waals surface area contributed by atoms with E-state index in [-0.39, 0.29) is 11.4 Å². The number of benzene rings is 2. The van der Waals surface area contributed by atoms with Crippen LogP contribution in [0.2, 0.25) is 0 Å². The summed E-state index contributed by atoms with van der Waals surface area (Å²) in [6.45, 7) is 1.99. The molecule has 0 unspecified atom stereocenters. The molecule has 0 aliphatic rings. The summed E-state index contributed by atoms with van der Waals surface area (Å²) in [5, 5.41) is 0. The van der Waals surface area contributed by atoms with E-state index in [2.05, 4.69) is 16.6 Å². The molecule has 1 N–H and O–H groups in total. The number of nitrogens with one attached hydrogen (secondary N) is 1. The SMILES string of the molecule is Cc1ccc(S(=O)(=O)NCC#Cc2ccc(N(C)C)cc2)cc1. The Morgan fingerprint density at radius 2 is 1.61 bits per heavy atom. The molecule has 0 aliphatic carbocycles. The zero-order chi connectivity index (χ0) is 16.9. The molecule has 120 valence electrons. The summed E-state index contributed by atoms with van der Waals surface area (Å²) in [6.07, 6.45) is 0. The molecule has 0 amide bonds. The molecular weight excluding hydrogens is 308 g/mol. The molecule has 2 aromatic carbocycles. The average molecular weight is 328 g/mol. The van der Waals surface area contributed by atoms with Crippen molar-refractivity contribution in [3.8, 4) is 11.8 Å². The fourth-order valence-corrected chi connectivity index (χ4v) is 2.84. The minimum absolute atomic E-state index is 0.0750. The molecule has 0 saturated heterocycles. The molecule has 4 nitrogen and oxygen atoms in total. The standard InChI is InChI=1S/C18H20N2O2S/c1-15-6-12-18(13-7-15)23(21,22)19-14-4-5-16-8-10-17(11-9-16)20(2)3/h6-13,19H,14H2,1-3H3. The highest BCUT2D eigenvalue weighted by molar-refractivity contribution is 7.89. The molecule has 2 aromatic rings. The molecule has 0 spiro atoms. The monoisotopic (exact) mass is 328 g/mol. The van der Waals surface area contributed by atoms with Gasteiger partial charge < -0.3 is 4.90 Å². The number of sulfonamides is 1. The van der Waals surface area contributed by atoms with Crippen LogP contribution < -0.4 is 9.62 Å². The van der Waals surface area contributed by atoms with Crippen molar-refractivity contribution < 1.29 is 8.42 Å². The van der Waals surface area contributed by atoms with Crippen LogP contribution in [0.5, 0.6) is 0 Å². The molecule has 0 aliphatic heterocycles. The van der Waals surface area contributed by atoms with E-state index >= 15 is 0 Å². The number of rotatable bonds is 4. The van der Waals surface area contributed by atoms with Gasteiger partial charge in [0.15, 0.2) is 0 Å². The van der Waals surface area contributed by atoms with Crippen LogP contribution in [0.4, 0.5) is 5.69 Å². The molecule has 0 fully saturated rings. The molecule has 0 radical (unpaired) electrons. The fourth-order valence-electron chi connectivity index (χ4n) is 1.92. The summed E-state index contributed by atoms with van der Waals surface area (Å²) < 4.78 is 26.7. The third-order valence-corrected chi connectivity index (χ3v) is 4.72. The van der Waals surface area contributed by atoms with Crippen LogP contribution in [0.25, 0.3) is 0 Å². The van der Waals surface area contributed by atoms with Crippen molar-refractivity contribution in [2.24, 2.45) is 0 Å². The van der Waals surface area contributed by atoms with E-state index in [0.29, 0.717) is 0 Å². The van der Waals surface area contributed by atoms with Gasteiger partial charge in [0.25, 0.3) is 0 Å². The predicted octanol–water partition coefficient (Wildman–Crippen LogP) is 2.39. The topological polar surface area (TPSA) is 49.4 Å². The van der Waals surface area contributed by atoms with Gasteiger partial charge in [0.2, 0.25) is 10.0 Å². The summed E-state index contributed by atoms with van der Waals surface area (Å²) in [4.78, 5) is 2.26. The Kier molecular flexibility index (Phi) is 5.43. The van der Waals surface area contributed by atoms with Gasteiger partial charge in [0.1, 0.15) is 0 Å². The minimum atomic E-state index is -3.51. The van der Waals surface area contributed by atoms with Gasteiger partial charge in [-0.25, -0.2) is 8.42 Å². The maximum Gasteiger partial charge on any atom is 0.241 e. The van der Waals surface area contributed by atoms with Crippen LogP contribution in [-0.4, -0.2) is 29.1 Å². The number of aryl methyl sites for hydroxylation is 1. The number of hydrogen-bond acceptors (Lipinski definition) is 3. The van der Waals surface area contributed by atoms with Gasteiger partial charge in [-0.15, -0.1) is 0 Å².